The molecule has 2 saturated heterocycles. The number of fused-ring (bicyclic) bond motifs is 2. The average Bonchev–Trinajstić information content (AvgIpc) is 3.58. The van der Waals surface area contributed by atoms with Gasteiger partial charge in [-0.15, -0.1) is 11.3 Å². The third-order valence-electron chi connectivity index (χ3n) is 6.97. The standard InChI is InChI=1S/C25H29F6N5O3S/c1-4-16(25(29,30)31)34-17-9-15(24(26,27)28)14(10-32-17)19-18(22(38)36-12-5-6-13(36)8-7-12)35-21(40-19)20(37)33-11-23(2,3)39/h9-10,12-13,16,39H,4-8,11H2,1-3H3,(H,32,34)(H,33,37)/t12-,13-,16-/m0/s1. The first-order valence-electron chi connectivity index (χ1n) is 12.7. The summed E-state index contributed by atoms with van der Waals surface area (Å²) in [6, 6.07) is -1.82. The van der Waals surface area contributed by atoms with Gasteiger partial charge in [0.15, 0.2) is 5.01 Å². The molecular weight excluding hydrogens is 564 g/mol. The van der Waals surface area contributed by atoms with Crippen molar-refractivity contribution < 1.29 is 41.0 Å². The van der Waals surface area contributed by atoms with Crippen LogP contribution in [0.5, 0.6) is 0 Å². The summed E-state index contributed by atoms with van der Waals surface area (Å²) in [5.41, 5.74) is -3.54. The predicted octanol–water partition coefficient (Wildman–Crippen LogP) is 5.24. The van der Waals surface area contributed by atoms with Crippen molar-refractivity contribution in [3.8, 4) is 10.4 Å². The Labute approximate surface area is 230 Å². The molecule has 4 rings (SSSR count). The number of nitrogens with zero attached hydrogens (tertiary/aromatic N) is 3. The fourth-order valence-corrected chi connectivity index (χ4v) is 6.02. The molecule has 0 unspecified atom stereocenters. The second-order valence-corrected chi connectivity index (χ2v) is 11.6. The van der Waals surface area contributed by atoms with Crippen LogP contribution in [-0.4, -0.2) is 68.2 Å². The number of nitrogens with one attached hydrogen (secondary N) is 2. The quantitative estimate of drug-likeness (QED) is 0.362. The van der Waals surface area contributed by atoms with Gasteiger partial charge in [-0.25, -0.2) is 9.97 Å². The van der Waals surface area contributed by atoms with Crippen LogP contribution < -0.4 is 10.6 Å². The molecule has 0 aromatic carbocycles. The van der Waals surface area contributed by atoms with Gasteiger partial charge in [0, 0.05) is 30.4 Å². The van der Waals surface area contributed by atoms with Crippen LogP contribution in [0.4, 0.5) is 32.2 Å². The van der Waals surface area contributed by atoms with Gasteiger partial charge in [0.05, 0.1) is 16.0 Å². The lowest BCUT2D eigenvalue weighted by atomic mass is 10.0. The molecule has 0 radical (unpaired) electrons. The van der Waals surface area contributed by atoms with E-state index >= 15 is 0 Å². The lowest BCUT2D eigenvalue weighted by molar-refractivity contribution is -0.142. The molecule has 0 aliphatic carbocycles. The van der Waals surface area contributed by atoms with E-state index in [1.807, 2.05) is 5.32 Å². The van der Waals surface area contributed by atoms with Crippen LogP contribution in [0.1, 0.15) is 78.7 Å². The summed E-state index contributed by atoms with van der Waals surface area (Å²) in [6.45, 7) is 3.93. The maximum Gasteiger partial charge on any atom is 0.417 e. The molecule has 220 valence electrons. The molecule has 2 aliphatic rings. The van der Waals surface area contributed by atoms with Crippen molar-refractivity contribution in [2.45, 2.75) is 89.0 Å². The van der Waals surface area contributed by atoms with E-state index in [0.717, 1.165) is 31.9 Å². The number of halogens is 6. The third-order valence-corrected chi connectivity index (χ3v) is 8.06. The Bertz CT molecular complexity index is 1250. The van der Waals surface area contributed by atoms with Gasteiger partial charge in [-0.1, -0.05) is 6.92 Å². The minimum Gasteiger partial charge on any atom is -0.389 e. The number of aromatic nitrogens is 2. The number of hydrogen-bond donors (Lipinski definition) is 3. The second kappa shape index (κ2) is 10.8. The van der Waals surface area contributed by atoms with Crippen molar-refractivity contribution in [1.29, 1.82) is 0 Å². The Morgan fingerprint density at radius 1 is 1.12 bits per heavy atom. The maximum atomic E-state index is 14.3. The molecule has 8 nitrogen and oxygen atoms in total. The van der Waals surface area contributed by atoms with Gasteiger partial charge in [-0.05, 0) is 52.0 Å². The normalized spacial score (nSPS) is 20.1. The number of thiazole rings is 1. The molecule has 2 amide bonds. The highest BCUT2D eigenvalue weighted by Crippen LogP contribution is 2.44. The van der Waals surface area contributed by atoms with Crippen LogP contribution in [0.25, 0.3) is 10.4 Å². The first-order chi connectivity index (χ1) is 18.5. The number of amides is 2. The molecule has 2 aliphatic heterocycles. The van der Waals surface area contributed by atoms with E-state index in [0.29, 0.717) is 17.4 Å². The lowest BCUT2D eigenvalue weighted by Crippen LogP contribution is -2.38. The number of aliphatic hydroxyl groups is 1. The smallest absolute Gasteiger partial charge is 0.389 e. The Balaban J connectivity index is 1.79. The van der Waals surface area contributed by atoms with E-state index in [9.17, 15) is 41.0 Å². The highest BCUT2D eigenvalue weighted by atomic mass is 32.1. The van der Waals surface area contributed by atoms with Gasteiger partial charge >= 0.3 is 12.4 Å². The number of pyridine rings is 1. The van der Waals surface area contributed by atoms with Crippen molar-refractivity contribution >= 4 is 29.0 Å². The second-order valence-electron chi connectivity index (χ2n) is 10.6. The molecule has 40 heavy (non-hydrogen) atoms. The Morgan fingerprint density at radius 3 is 2.23 bits per heavy atom. The molecule has 4 heterocycles. The zero-order valence-corrected chi connectivity index (χ0v) is 22.7. The molecule has 0 saturated carbocycles. The molecule has 15 heteroatoms. The largest absolute Gasteiger partial charge is 0.417 e. The Kier molecular flexibility index (Phi) is 8.11. The molecule has 2 fully saturated rings. The summed E-state index contributed by atoms with van der Waals surface area (Å²) in [7, 11) is 0. The Hall–Kier alpha value is -2.94. The van der Waals surface area contributed by atoms with E-state index in [2.05, 4.69) is 15.3 Å². The van der Waals surface area contributed by atoms with Crippen LogP contribution in [-0.2, 0) is 6.18 Å². The number of rotatable bonds is 8. The zero-order chi connectivity index (χ0) is 29.6. The van der Waals surface area contributed by atoms with Gasteiger partial charge in [0.1, 0.15) is 17.6 Å². The van der Waals surface area contributed by atoms with E-state index in [4.69, 9.17) is 0 Å². The highest BCUT2D eigenvalue weighted by molar-refractivity contribution is 7.17. The first-order valence-corrected chi connectivity index (χ1v) is 13.6. The fourth-order valence-electron chi connectivity index (χ4n) is 5.03. The van der Waals surface area contributed by atoms with Gasteiger partial charge in [-0.2, -0.15) is 26.3 Å². The summed E-state index contributed by atoms with van der Waals surface area (Å²) < 4.78 is 82.5. The monoisotopic (exact) mass is 593 g/mol. The van der Waals surface area contributed by atoms with Crippen molar-refractivity contribution in [2.75, 3.05) is 11.9 Å². The molecule has 2 aromatic heterocycles. The molecule has 1 atom stereocenters. The van der Waals surface area contributed by atoms with Gasteiger partial charge in [0.25, 0.3) is 11.8 Å². The molecule has 2 bridgehead atoms. The van der Waals surface area contributed by atoms with Gasteiger partial charge < -0.3 is 20.6 Å². The van der Waals surface area contributed by atoms with Crippen LogP contribution in [0.2, 0.25) is 0 Å². The summed E-state index contributed by atoms with van der Waals surface area (Å²) >= 11 is 0.547. The van der Waals surface area contributed by atoms with Crippen molar-refractivity contribution in [3.63, 3.8) is 0 Å². The summed E-state index contributed by atoms with van der Waals surface area (Å²) in [4.78, 5) is 35.7. The summed E-state index contributed by atoms with van der Waals surface area (Å²) in [5, 5.41) is 14.1. The number of carbonyl (C=O) groups excluding carboxylic acids is 2. The summed E-state index contributed by atoms with van der Waals surface area (Å²) in [6.07, 6.45) is -6.44. The molecule has 0 spiro atoms. The van der Waals surface area contributed by atoms with Crippen LogP contribution in [0, 0.1) is 0 Å². The van der Waals surface area contributed by atoms with E-state index in [1.165, 1.54) is 20.8 Å². The van der Waals surface area contributed by atoms with E-state index in [-0.39, 0.29) is 34.2 Å². The van der Waals surface area contributed by atoms with Crippen LogP contribution in [0.15, 0.2) is 12.3 Å². The minimum absolute atomic E-state index is 0.0837. The highest BCUT2D eigenvalue weighted by Gasteiger charge is 2.45. The average molecular weight is 594 g/mol. The van der Waals surface area contributed by atoms with E-state index in [1.54, 1.807) is 4.90 Å². The number of hydrogen-bond acceptors (Lipinski definition) is 7. The third kappa shape index (κ3) is 6.35. The fraction of sp³-hybridized carbons (Fsp3) is 0.600. The Morgan fingerprint density at radius 2 is 1.73 bits per heavy atom. The lowest BCUT2D eigenvalue weighted by Gasteiger charge is -2.23. The van der Waals surface area contributed by atoms with Crippen molar-refractivity contribution in [3.05, 3.63) is 28.5 Å². The summed E-state index contributed by atoms with van der Waals surface area (Å²) in [5.74, 6) is -2.05. The first kappa shape index (κ1) is 30.0. The minimum atomic E-state index is -5.03. The van der Waals surface area contributed by atoms with Crippen molar-refractivity contribution in [2.24, 2.45) is 0 Å². The van der Waals surface area contributed by atoms with E-state index < -0.39 is 59.2 Å². The predicted molar refractivity (Wildman–Crippen MR) is 135 cm³/mol. The molecule has 3 N–H and O–H groups in total. The molecular formula is C25H29F6N5O3S. The molecule has 2 aromatic rings. The van der Waals surface area contributed by atoms with Gasteiger partial charge in [-0.3, -0.25) is 9.59 Å². The number of alkyl halides is 6. The zero-order valence-electron chi connectivity index (χ0n) is 21.9. The van der Waals surface area contributed by atoms with Crippen molar-refractivity contribution in [1.82, 2.24) is 20.2 Å². The topological polar surface area (TPSA) is 107 Å². The van der Waals surface area contributed by atoms with Crippen LogP contribution in [0.3, 0.4) is 0 Å². The number of anilines is 1. The number of carbonyl (C=O) groups is 2. The van der Waals surface area contributed by atoms with Crippen LogP contribution >= 0.6 is 11.3 Å². The SMILES string of the molecule is CC[C@H](Nc1cc(C(F)(F)F)c(-c2sc(C(=O)NCC(C)(C)O)nc2C(=O)N2[C@H]3CC[C@H]2CC3)cn1)C(F)(F)F. The van der Waals surface area contributed by atoms with Gasteiger partial charge in [0.2, 0.25) is 0 Å². The maximum absolute atomic E-state index is 14.3.